The molecule has 3 atom stereocenters. The fourth-order valence-corrected chi connectivity index (χ4v) is 5.62. The highest BCUT2D eigenvalue weighted by molar-refractivity contribution is 7.89. The first-order valence-corrected chi connectivity index (χ1v) is 12.4. The van der Waals surface area contributed by atoms with Crippen molar-refractivity contribution < 1.29 is 23.1 Å². The van der Waals surface area contributed by atoms with Gasteiger partial charge in [-0.2, -0.15) is 4.31 Å². The maximum atomic E-state index is 13.5. The van der Waals surface area contributed by atoms with Crippen LogP contribution in [0.1, 0.15) is 36.8 Å². The zero-order chi connectivity index (χ0) is 24.2. The van der Waals surface area contributed by atoms with E-state index in [0.29, 0.717) is 5.69 Å². The topological polar surface area (TPSA) is 100 Å². The molecule has 0 saturated heterocycles. The average molecular weight is 474 g/mol. The van der Waals surface area contributed by atoms with Gasteiger partial charge in [0.25, 0.3) is 5.91 Å². The molecule has 0 fully saturated rings. The Morgan fingerprint density at radius 2 is 2.12 bits per heavy atom. The van der Waals surface area contributed by atoms with Crippen molar-refractivity contribution in [3.63, 3.8) is 0 Å². The van der Waals surface area contributed by atoms with Crippen LogP contribution in [0.5, 0.6) is 5.75 Å². The summed E-state index contributed by atoms with van der Waals surface area (Å²) < 4.78 is 34.5. The Morgan fingerprint density at radius 1 is 1.36 bits per heavy atom. The number of pyridine rings is 1. The van der Waals surface area contributed by atoms with Crippen molar-refractivity contribution in [2.45, 2.75) is 37.8 Å². The first kappa shape index (κ1) is 24.9. The first-order chi connectivity index (χ1) is 15.7. The monoisotopic (exact) mass is 473 g/mol. The second kappa shape index (κ2) is 10.5. The van der Waals surface area contributed by atoms with E-state index in [0.717, 1.165) is 5.56 Å². The number of rotatable bonds is 6. The number of hydrogen-bond acceptors (Lipinski definition) is 6. The maximum absolute atomic E-state index is 13.5. The lowest BCUT2D eigenvalue weighted by Crippen LogP contribution is -2.50. The molecule has 1 N–H and O–H groups in total. The number of ether oxygens (including phenoxy) is 1. The lowest BCUT2D eigenvalue weighted by atomic mass is 10.0. The molecule has 0 spiro atoms. The maximum Gasteiger partial charge on any atom is 0.272 e. The summed E-state index contributed by atoms with van der Waals surface area (Å²) in [5, 5.41) is 9.73. The summed E-state index contributed by atoms with van der Waals surface area (Å²) in [5.74, 6) is -0.271. The highest BCUT2D eigenvalue weighted by atomic mass is 32.2. The Hall–Kier alpha value is -2.75. The van der Waals surface area contributed by atoms with Crippen molar-refractivity contribution in [2.24, 2.45) is 5.92 Å². The summed E-state index contributed by atoms with van der Waals surface area (Å²) in [7, 11) is -2.22. The van der Waals surface area contributed by atoms with Crippen LogP contribution in [-0.2, 0) is 10.0 Å². The molecule has 8 nitrogen and oxygen atoms in total. The van der Waals surface area contributed by atoms with Crippen LogP contribution < -0.4 is 4.74 Å². The van der Waals surface area contributed by atoms with E-state index in [4.69, 9.17) is 4.74 Å². The van der Waals surface area contributed by atoms with Gasteiger partial charge in [-0.15, -0.1) is 0 Å². The second-order valence-electron chi connectivity index (χ2n) is 8.35. The van der Waals surface area contributed by atoms with Crippen molar-refractivity contribution in [2.75, 3.05) is 26.7 Å². The van der Waals surface area contributed by atoms with E-state index >= 15 is 0 Å². The molecule has 1 aromatic heterocycles. The van der Waals surface area contributed by atoms with Gasteiger partial charge in [0.05, 0.1) is 13.2 Å². The Labute approximate surface area is 195 Å². The number of carbonyl (C=O) groups excluding carboxylic acids is 1. The Bertz CT molecular complexity index is 1100. The fourth-order valence-electron chi connectivity index (χ4n) is 3.79. The Balaban J connectivity index is 2.01. The van der Waals surface area contributed by atoms with E-state index in [1.54, 1.807) is 50.5 Å². The lowest BCUT2D eigenvalue weighted by molar-refractivity contribution is 0.0559. The van der Waals surface area contributed by atoms with Gasteiger partial charge in [0.1, 0.15) is 22.4 Å². The van der Waals surface area contributed by atoms with Crippen LogP contribution in [-0.4, -0.2) is 72.5 Å². The molecule has 0 unspecified atom stereocenters. The molecule has 0 saturated carbocycles. The van der Waals surface area contributed by atoms with Gasteiger partial charge in [0.15, 0.2) is 0 Å². The highest BCUT2D eigenvalue weighted by Crippen LogP contribution is 2.34. The highest BCUT2D eigenvalue weighted by Gasteiger charge is 2.38. The minimum atomic E-state index is -3.90. The third-order valence-corrected chi connectivity index (χ3v) is 7.75. The first-order valence-electron chi connectivity index (χ1n) is 10.9. The SMILES string of the molecule is C/C=C/c1ccc2c(c1)O[C@@H](CN(C)C(=O)c1ccccn1)[C@@H](C)CN([C@H](C)CO)S2(=O)=O. The number of allylic oxidation sites excluding steroid dienone is 1. The number of hydrogen-bond donors (Lipinski definition) is 1. The molecule has 33 heavy (non-hydrogen) atoms. The molecule has 2 heterocycles. The molecule has 0 radical (unpaired) electrons. The summed E-state index contributed by atoms with van der Waals surface area (Å²) in [5.41, 5.74) is 1.13. The molecule has 9 heteroatoms. The zero-order valence-corrected chi connectivity index (χ0v) is 20.2. The van der Waals surface area contributed by atoms with Crippen molar-refractivity contribution in [3.05, 3.63) is 59.9 Å². The molecule has 0 aliphatic carbocycles. The molecule has 3 rings (SSSR count). The number of aliphatic hydroxyl groups excluding tert-OH is 1. The molecule has 178 valence electrons. The van der Waals surface area contributed by atoms with Crippen LogP contribution in [0.2, 0.25) is 0 Å². The number of likely N-dealkylation sites (N-methyl/N-ethyl adjacent to an activating group) is 1. The molecule has 2 aromatic rings. The number of amides is 1. The van der Waals surface area contributed by atoms with E-state index in [1.165, 1.54) is 15.3 Å². The van der Waals surface area contributed by atoms with Gasteiger partial charge in [-0.1, -0.05) is 31.2 Å². The third-order valence-electron chi connectivity index (χ3n) is 5.73. The van der Waals surface area contributed by atoms with Crippen molar-refractivity contribution >= 4 is 22.0 Å². The van der Waals surface area contributed by atoms with Gasteiger partial charge in [-0.3, -0.25) is 9.78 Å². The predicted molar refractivity (Wildman–Crippen MR) is 126 cm³/mol. The van der Waals surface area contributed by atoms with Gasteiger partial charge in [0.2, 0.25) is 10.0 Å². The van der Waals surface area contributed by atoms with E-state index in [2.05, 4.69) is 4.98 Å². The van der Waals surface area contributed by atoms with Crippen LogP contribution in [0, 0.1) is 5.92 Å². The summed E-state index contributed by atoms with van der Waals surface area (Å²) >= 11 is 0. The lowest BCUT2D eigenvalue weighted by Gasteiger charge is -2.37. The average Bonchev–Trinajstić information content (AvgIpc) is 2.81. The second-order valence-corrected chi connectivity index (χ2v) is 10.2. The number of aromatic nitrogens is 1. The number of sulfonamides is 1. The van der Waals surface area contributed by atoms with E-state index in [9.17, 15) is 18.3 Å². The molecular weight excluding hydrogens is 442 g/mol. The Morgan fingerprint density at radius 3 is 2.76 bits per heavy atom. The van der Waals surface area contributed by atoms with E-state index < -0.39 is 22.2 Å². The Kier molecular flexibility index (Phi) is 7.88. The number of nitrogens with zero attached hydrogens (tertiary/aromatic N) is 3. The van der Waals surface area contributed by atoms with Crippen LogP contribution in [0.3, 0.4) is 0 Å². The van der Waals surface area contributed by atoms with Gasteiger partial charge >= 0.3 is 0 Å². The van der Waals surface area contributed by atoms with Gasteiger partial charge in [-0.05, 0) is 43.7 Å². The number of fused-ring (bicyclic) bond motifs is 1. The van der Waals surface area contributed by atoms with Crippen LogP contribution in [0.4, 0.5) is 0 Å². The predicted octanol–water partition coefficient (Wildman–Crippen LogP) is 2.66. The normalized spacial score (nSPS) is 21.5. The van der Waals surface area contributed by atoms with Crippen molar-refractivity contribution in [1.82, 2.24) is 14.2 Å². The number of aliphatic hydroxyl groups is 1. The molecule has 0 bridgehead atoms. The van der Waals surface area contributed by atoms with Crippen LogP contribution in [0.25, 0.3) is 6.08 Å². The molecule has 1 aliphatic heterocycles. The molecule has 1 amide bonds. The summed E-state index contributed by atoms with van der Waals surface area (Å²) in [6.45, 7) is 5.52. The van der Waals surface area contributed by atoms with Gasteiger partial charge < -0.3 is 14.7 Å². The van der Waals surface area contributed by atoms with Crippen LogP contribution >= 0.6 is 0 Å². The summed E-state index contributed by atoms with van der Waals surface area (Å²) in [6.07, 6.45) is 4.80. The van der Waals surface area contributed by atoms with Crippen LogP contribution in [0.15, 0.2) is 53.6 Å². The third kappa shape index (κ3) is 5.43. The quantitative estimate of drug-likeness (QED) is 0.692. The minimum absolute atomic E-state index is 0.0478. The number of benzene rings is 1. The summed E-state index contributed by atoms with van der Waals surface area (Å²) in [4.78, 5) is 18.6. The summed E-state index contributed by atoms with van der Waals surface area (Å²) in [6, 6.07) is 9.49. The largest absolute Gasteiger partial charge is 0.487 e. The molecular formula is C24H31N3O5S. The fraction of sp³-hybridized carbons (Fsp3) is 0.417. The smallest absolute Gasteiger partial charge is 0.272 e. The van der Waals surface area contributed by atoms with Gasteiger partial charge in [-0.25, -0.2) is 8.42 Å². The van der Waals surface area contributed by atoms with Crippen molar-refractivity contribution in [3.8, 4) is 5.75 Å². The van der Waals surface area contributed by atoms with E-state index in [-0.39, 0.29) is 42.2 Å². The van der Waals surface area contributed by atoms with Gasteiger partial charge in [0, 0.05) is 31.7 Å². The zero-order valence-electron chi connectivity index (χ0n) is 19.4. The number of carbonyl (C=O) groups is 1. The van der Waals surface area contributed by atoms with Crippen molar-refractivity contribution in [1.29, 1.82) is 0 Å². The standard InChI is InChI=1S/C24H31N3O5S/c1-5-8-19-10-11-23-21(13-19)32-22(15-26(4)24(29)20-9-6-7-12-25-20)17(2)14-27(18(3)16-28)33(23,30)31/h5-13,17-18,22,28H,14-16H2,1-4H3/b8-5+/t17-,18+,22-/m0/s1. The van der Waals surface area contributed by atoms with E-state index in [1.807, 2.05) is 26.0 Å². The minimum Gasteiger partial charge on any atom is -0.487 e. The molecule has 1 aromatic carbocycles. The molecule has 1 aliphatic rings.